The highest BCUT2D eigenvalue weighted by atomic mass is 79.9. The number of nitrogens with one attached hydrogen (secondary N) is 1. The SMILES string of the molecule is CCCC1CCN(c2cc(Br)ccc2CNCC)C1. The van der Waals surface area contributed by atoms with Crippen LogP contribution in [0.5, 0.6) is 0 Å². The number of benzene rings is 1. The van der Waals surface area contributed by atoms with Gasteiger partial charge in [-0.05, 0) is 43.0 Å². The molecule has 1 N–H and O–H groups in total. The predicted octanol–water partition coefficient (Wildman–Crippen LogP) is 4.19. The fourth-order valence-corrected chi connectivity index (χ4v) is 3.28. The average molecular weight is 325 g/mol. The van der Waals surface area contributed by atoms with E-state index in [4.69, 9.17) is 0 Å². The minimum atomic E-state index is 0.885. The van der Waals surface area contributed by atoms with Gasteiger partial charge in [-0.25, -0.2) is 0 Å². The first-order chi connectivity index (χ1) is 9.24. The lowest BCUT2D eigenvalue weighted by Gasteiger charge is -2.23. The number of anilines is 1. The molecule has 1 aliphatic heterocycles. The van der Waals surface area contributed by atoms with Crippen LogP contribution < -0.4 is 10.2 Å². The quantitative estimate of drug-likeness (QED) is 0.844. The highest BCUT2D eigenvalue weighted by Gasteiger charge is 2.23. The largest absolute Gasteiger partial charge is 0.371 e. The van der Waals surface area contributed by atoms with Crippen LogP contribution in [0.2, 0.25) is 0 Å². The Morgan fingerprint density at radius 3 is 2.95 bits per heavy atom. The Bertz CT molecular complexity index is 406. The molecule has 1 aliphatic rings. The fraction of sp³-hybridized carbons (Fsp3) is 0.625. The van der Waals surface area contributed by atoms with Gasteiger partial charge >= 0.3 is 0 Å². The highest BCUT2D eigenvalue weighted by Crippen LogP contribution is 2.31. The van der Waals surface area contributed by atoms with Crippen LogP contribution in [0.15, 0.2) is 22.7 Å². The molecular formula is C16H25BrN2. The minimum absolute atomic E-state index is 0.885. The van der Waals surface area contributed by atoms with Crippen molar-refractivity contribution in [3.63, 3.8) is 0 Å². The van der Waals surface area contributed by atoms with E-state index >= 15 is 0 Å². The number of hydrogen-bond acceptors (Lipinski definition) is 2. The maximum atomic E-state index is 3.61. The average Bonchev–Trinajstić information content (AvgIpc) is 2.86. The van der Waals surface area contributed by atoms with Crippen LogP contribution >= 0.6 is 15.9 Å². The lowest BCUT2D eigenvalue weighted by molar-refractivity contribution is 0.529. The fourth-order valence-electron chi connectivity index (χ4n) is 2.94. The van der Waals surface area contributed by atoms with Gasteiger partial charge < -0.3 is 10.2 Å². The molecule has 0 bridgehead atoms. The molecule has 1 atom stereocenters. The molecule has 1 unspecified atom stereocenters. The van der Waals surface area contributed by atoms with Crippen molar-refractivity contribution in [2.24, 2.45) is 5.92 Å². The second-order valence-corrected chi connectivity index (χ2v) is 6.36. The summed E-state index contributed by atoms with van der Waals surface area (Å²) >= 11 is 3.61. The summed E-state index contributed by atoms with van der Waals surface area (Å²) in [6.45, 7) is 8.87. The molecule has 1 aromatic rings. The molecule has 19 heavy (non-hydrogen) atoms. The van der Waals surface area contributed by atoms with E-state index in [0.29, 0.717) is 0 Å². The molecule has 0 amide bonds. The van der Waals surface area contributed by atoms with Crippen LogP contribution in [0.25, 0.3) is 0 Å². The Morgan fingerprint density at radius 2 is 2.21 bits per heavy atom. The molecule has 1 aromatic carbocycles. The summed E-state index contributed by atoms with van der Waals surface area (Å²) < 4.78 is 1.18. The molecule has 2 nitrogen and oxygen atoms in total. The standard InChI is InChI=1S/C16H25BrN2/c1-3-5-13-8-9-19(12-13)16-10-15(17)7-6-14(16)11-18-4-2/h6-7,10,13,18H,3-5,8-9,11-12H2,1-2H3. The zero-order valence-electron chi connectivity index (χ0n) is 12.1. The molecule has 0 aliphatic carbocycles. The molecular weight excluding hydrogens is 300 g/mol. The molecule has 0 spiro atoms. The molecule has 0 radical (unpaired) electrons. The zero-order chi connectivity index (χ0) is 13.7. The summed E-state index contributed by atoms with van der Waals surface area (Å²) in [5.74, 6) is 0.885. The predicted molar refractivity (Wildman–Crippen MR) is 86.8 cm³/mol. The number of rotatable bonds is 6. The number of halogens is 1. The molecule has 0 saturated carbocycles. The van der Waals surface area contributed by atoms with Crippen LogP contribution in [-0.2, 0) is 6.54 Å². The summed E-state index contributed by atoms with van der Waals surface area (Å²) in [6, 6.07) is 6.67. The van der Waals surface area contributed by atoms with Crippen molar-refractivity contribution in [3.05, 3.63) is 28.2 Å². The molecule has 106 valence electrons. The van der Waals surface area contributed by atoms with Crippen molar-refractivity contribution in [3.8, 4) is 0 Å². The lowest BCUT2D eigenvalue weighted by Crippen LogP contribution is -2.23. The minimum Gasteiger partial charge on any atom is -0.371 e. The van der Waals surface area contributed by atoms with Crippen LogP contribution in [0.1, 0.15) is 38.7 Å². The molecule has 0 aromatic heterocycles. The van der Waals surface area contributed by atoms with Gasteiger partial charge in [0.05, 0.1) is 0 Å². The van der Waals surface area contributed by atoms with Crippen LogP contribution in [0, 0.1) is 5.92 Å². The Labute approximate surface area is 125 Å². The summed E-state index contributed by atoms with van der Waals surface area (Å²) in [4.78, 5) is 2.57. The van der Waals surface area contributed by atoms with Gasteiger partial charge in [-0.2, -0.15) is 0 Å². The van der Waals surface area contributed by atoms with E-state index in [1.807, 2.05) is 0 Å². The third-order valence-electron chi connectivity index (χ3n) is 3.94. The topological polar surface area (TPSA) is 15.3 Å². The van der Waals surface area contributed by atoms with Crippen molar-refractivity contribution in [2.75, 3.05) is 24.5 Å². The van der Waals surface area contributed by atoms with E-state index in [-0.39, 0.29) is 0 Å². The van der Waals surface area contributed by atoms with Gasteiger partial charge in [0.1, 0.15) is 0 Å². The highest BCUT2D eigenvalue weighted by molar-refractivity contribution is 9.10. The van der Waals surface area contributed by atoms with Crippen LogP contribution in [0.4, 0.5) is 5.69 Å². The lowest BCUT2D eigenvalue weighted by atomic mass is 10.0. The zero-order valence-corrected chi connectivity index (χ0v) is 13.7. The van der Waals surface area contributed by atoms with Gasteiger partial charge in [-0.15, -0.1) is 0 Å². The summed E-state index contributed by atoms with van der Waals surface area (Å²) in [7, 11) is 0. The van der Waals surface area contributed by atoms with Crippen LogP contribution in [-0.4, -0.2) is 19.6 Å². The molecule has 2 rings (SSSR count). The van der Waals surface area contributed by atoms with Gasteiger partial charge in [0.25, 0.3) is 0 Å². The van der Waals surface area contributed by atoms with E-state index in [2.05, 4.69) is 58.2 Å². The Kier molecular flexibility index (Phi) is 5.71. The monoisotopic (exact) mass is 324 g/mol. The van der Waals surface area contributed by atoms with Gasteiger partial charge in [0.15, 0.2) is 0 Å². The maximum absolute atomic E-state index is 3.61. The maximum Gasteiger partial charge on any atom is 0.0423 e. The first-order valence-electron chi connectivity index (χ1n) is 7.48. The summed E-state index contributed by atoms with van der Waals surface area (Å²) in [5, 5.41) is 3.44. The van der Waals surface area contributed by atoms with E-state index in [1.165, 1.54) is 48.1 Å². The molecule has 1 saturated heterocycles. The van der Waals surface area contributed by atoms with Crippen LogP contribution in [0.3, 0.4) is 0 Å². The van der Waals surface area contributed by atoms with E-state index in [9.17, 15) is 0 Å². The smallest absolute Gasteiger partial charge is 0.0423 e. The molecule has 3 heteroatoms. The van der Waals surface area contributed by atoms with E-state index in [0.717, 1.165) is 19.0 Å². The second-order valence-electron chi connectivity index (χ2n) is 5.44. The second kappa shape index (κ2) is 7.30. The van der Waals surface area contributed by atoms with Crippen molar-refractivity contribution >= 4 is 21.6 Å². The normalized spacial score (nSPS) is 19.1. The van der Waals surface area contributed by atoms with Crippen molar-refractivity contribution in [1.29, 1.82) is 0 Å². The van der Waals surface area contributed by atoms with Crippen molar-refractivity contribution in [1.82, 2.24) is 5.32 Å². The Hall–Kier alpha value is -0.540. The number of nitrogens with zero attached hydrogens (tertiary/aromatic N) is 1. The van der Waals surface area contributed by atoms with Gasteiger partial charge in [0, 0.05) is 29.8 Å². The third-order valence-corrected chi connectivity index (χ3v) is 4.43. The summed E-state index contributed by atoms with van der Waals surface area (Å²) in [5.41, 5.74) is 2.83. The van der Waals surface area contributed by atoms with E-state index in [1.54, 1.807) is 0 Å². The van der Waals surface area contributed by atoms with Gasteiger partial charge in [0.2, 0.25) is 0 Å². The Balaban J connectivity index is 2.11. The summed E-state index contributed by atoms with van der Waals surface area (Å²) in [6.07, 6.45) is 4.02. The Morgan fingerprint density at radius 1 is 1.37 bits per heavy atom. The van der Waals surface area contributed by atoms with Crippen molar-refractivity contribution in [2.45, 2.75) is 39.7 Å². The van der Waals surface area contributed by atoms with Gasteiger partial charge in [-0.1, -0.05) is 42.3 Å². The number of hydrogen-bond donors (Lipinski definition) is 1. The van der Waals surface area contributed by atoms with Gasteiger partial charge in [-0.3, -0.25) is 0 Å². The first kappa shape index (κ1) is 14.9. The first-order valence-corrected chi connectivity index (χ1v) is 8.28. The van der Waals surface area contributed by atoms with Crippen molar-refractivity contribution < 1.29 is 0 Å². The third kappa shape index (κ3) is 3.96. The van der Waals surface area contributed by atoms with E-state index < -0.39 is 0 Å². The molecule has 1 heterocycles. The molecule has 1 fully saturated rings.